The molecule has 0 saturated heterocycles. The third-order valence-corrected chi connectivity index (χ3v) is 4.78. The molecular weight excluding hydrogens is 330 g/mol. The van der Waals surface area contributed by atoms with Crippen molar-refractivity contribution in [1.82, 2.24) is 9.97 Å². The molecule has 1 aliphatic carbocycles. The number of allylic oxidation sites excluding steroid dienone is 2. The van der Waals surface area contributed by atoms with Crippen molar-refractivity contribution in [3.8, 4) is 16.5 Å². The standard InChI is InChI=1S/C20H17N3OS/c1-24-15-11-9-14(10-12-15)21-19-16-6-3-2-4-7-17(16)22-20(23-19)18-8-5-13-25-18/h2-3,5-13H,4H2,1H3,(H,21,22,23). The molecule has 0 atom stereocenters. The zero-order valence-electron chi connectivity index (χ0n) is 13.8. The number of nitrogens with one attached hydrogen (secondary N) is 1. The van der Waals surface area contributed by atoms with Gasteiger partial charge in [-0.05, 0) is 48.2 Å². The molecule has 2 heterocycles. The summed E-state index contributed by atoms with van der Waals surface area (Å²) in [6.07, 6.45) is 9.22. The Kier molecular flexibility index (Phi) is 4.31. The molecule has 1 N–H and O–H groups in total. The Morgan fingerprint density at radius 3 is 2.76 bits per heavy atom. The maximum absolute atomic E-state index is 5.22. The first-order chi connectivity index (χ1) is 12.3. The third kappa shape index (κ3) is 3.32. The van der Waals surface area contributed by atoms with Crippen molar-refractivity contribution >= 4 is 35.0 Å². The minimum absolute atomic E-state index is 0.747. The lowest BCUT2D eigenvalue weighted by molar-refractivity contribution is 0.415. The molecule has 0 saturated carbocycles. The second kappa shape index (κ2) is 6.91. The largest absolute Gasteiger partial charge is 0.497 e. The number of benzene rings is 1. The monoisotopic (exact) mass is 347 g/mol. The predicted molar refractivity (Wildman–Crippen MR) is 104 cm³/mol. The number of hydrogen-bond acceptors (Lipinski definition) is 5. The van der Waals surface area contributed by atoms with E-state index in [0.29, 0.717) is 0 Å². The van der Waals surface area contributed by atoms with Gasteiger partial charge in [-0.15, -0.1) is 11.3 Å². The Bertz CT molecular complexity index is 1020. The lowest BCUT2D eigenvalue weighted by Crippen LogP contribution is -2.32. The quantitative estimate of drug-likeness (QED) is 0.785. The highest BCUT2D eigenvalue weighted by Crippen LogP contribution is 2.22. The van der Waals surface area contributed by atoms with Gasteiger partial charge in [0.05, 0.1) is 17.3 Å². The molecule has 0 aliphatic heterocycles. The van der Waals surface area contributed by atoms with Gasteiger partial charge in [0.1, 0.15) is 11.6 Å². The summed E-state index contributed by atoms with van der Waals surface area (Å²) >= 11 is 1.64. The molecule has 0 unspecified atom stereocenters. The fraction of sp³-hybridized carbons (Fsp3) is 0.100. The first-order valence-corrected chi connectivity index (χ1v) is 8.91. The van der Waals surface area contributed by atoms with E-state index in [4.69, 9.17) is 14.7 Å². The van der Waals surface area contributed by atoms with Crippen molar-refractivity contribution in [2.75, 3.05) is 12.4 Å². The highest BCUT2D eigenvalue weighted by molar-refractivity contribution is 7.13. The molecular formula is C20H17N3OS. The van der Waals surface area contributed by atoms with Crippen LogP contribution in [-0.2, 0) is 0 Å². The normalized spacial score (nSPS) is 12.5. The molecule has 3 aromatic rings. The van der Waals surface area contributed by atoms with Gasteiger partial charge in [-0.3, -0.25) is 0 Å². The van der Waals surface area contributed by atoms with Crippen LogP contribution in [0.5, 0.6) is 5.75 Å². The van der Waals surface area contributed by atoms with Crippen LogP contribution in [0.4, 0.5) is 11.5 Å². The number of anilines is 2. The smallest absolute Gasteiger partial charge is 0.172 e. The van der Waals surface area contributed by atoms with Crippen molar-refractivity contribution in [2.24, 2.45) is 0 Å². The highest BCUT2D eigenvalue weighted by atomic mass is 32.1. The van der Waals surface area contributed by atoms with Crippen LogP contribution in [-0.4, -0.2) is 17.1 Å². The number of fused-ring (bicyclic) bond motifs is 1. The van der Waals surface area contributed by atoms with Crippen molar-refractivity contribution in [2.45, 2.75) is 6.42 Å². The summed E-state index contributed by atoms with van der Waals surface area (Å²) in [4.78, 5) is 10.6. The lowest BCUT2D eigenvalue weighted by atomic mass is 10.2. The first kappa shape index (κ1) is 15.6. The second-order valence-electron chi connectivity index (χ2n) is 5.56. The van der Waals surface area contributed by atoms with E-state index in [1.54, 1.807) is 18.4 Å². The number of ether oxygens (including phenoxy) is 1. The van der Waals surface area contributed by atoms with Gasteiger partial charge in [-0.2, -0.15) is 0 Å². The van der Waals surface area contributed by atoms with E-state index in [2.05, 4.69) is 29.6 Å². The van der Waals surface area contributed by atoms with Gasteiger partial charge in [0, 0.05) is 10.9 Å². The fourth-order valence-corrected chi connectivity index (χ4v) is 3.31. The summed E-state index contributed by atoms with van der Waals surface area (Å²) in [7, 11) is 1.66. The molecule has 124 valence electrons. The maximum atomic E-state index is 5.22. The summed E-state index contributed by atoms with van der Waals surface area (Å²) in [5.41, 5.74) is 0.959. The van der Waals surface area contributed by atoms with Crippen LogP contribution in [0.3, 0.4) is 0 Å². The average Bonchev–Trinajstić information content (AvgIpc) is 3.08. The molecule has 1 aliphatic rings. The molecule has 5 heteroatoms. The Balaban J connectivity index is 1.83. The van der Waals surface area contributed by atoms with E-state index in [0.717, 1.165) is 44.9 Å². The Morgan fingerprint density at radius 1 is 1.12 bits per heavy atom. The number of thiophene rings is 1. The van der Waals surface area contributed by atoms with E-state index >= 15 is 0 Å². The minimum atomic E-state index is 0.747. The highest BCUT2D eigenvalue weighted by Gasteiger charge is 2.09. The van der Waals surface area contributed by atoms with Crippen LogP contribution in [0.1, 0.15) is 6.42 Å². The van der Waals surface area contributed by atoms with Gasteiger partial charge in [0.15, 0.2) is 5.82 Å². The van der Waals surface area contributed by atoms with Gasteiger partial charge >= 0.3 is 0 Å². The Hall–Kier alpha value is -2.92. The second-order valence-corrected chi connectivity index (χ2v) is 6.51. The Labute approximate surface area is 149 Å². The first-order valence-electron chi connectivity index (χ1n) is 8.03. The van der Waals surface area contributed by atoms with E-state index in [-0.39, 0.29) is 0 Å². The maximum Gasteiger partial charge on any atom is 0.172 e. The summed E-state index contributed by atoms with van der Waals surface area (Å²) in [6, 6.07) is 11.9. The summed E-state index contributed by atoms with van der Waals surface area (Å²) in [5.74, 6) is 2.38. The van der Waals surface area contributed by atoms with Gasteiger partial charge in [0.2, 0.25) is 0 Å². The molecule has 4 nitrogen and oxygen atoms in total. The zero-order valence-corrected chi connectivity index (χ0v) is 14.6. The molecule has 4 rings (SSSR count). The molecule has 0 radical (unpaired) electrons. The molecule has 0 spiro atoms. The molecule has 0 bridgehead atoms. The van der Waals surface area contributed by atoms with E-state index < -0.39 is 0 Å². The van der Waals surface area contributed by atoms with Gasteiger partial charge < -0.3 is 10.1 Å². The van der Waals surface area contributed by atoms with Gasteiger partial charge in [-0.25, -0.2) is 9.97 Å². The van der Waals surface area contributed by atoms with E-state index in [1.165, 1.54) is 0 Å². The van der Waals surface area contributed by atoms with Crippen molar-refractivity contribution < 1.29 is 4.74 Å². The van der Waals surface area contributed by atoms with Gasteiger partial charge in [-0.1, -0.05) is 24.3 Å². The van der Waals surface area contributed by atoms with Gasteiger partial charge in [0.25, 0.3) is 0 Å². The van der Waals surface area contributed by atoms with Crippen LogP contribution >= 0.6 is 11.3 Å². The lowest BCUT2D eigenvalue weighted by Gasteiger charge is -2.09. The molecule has 1 aromatic carbocycles. The Morgan fingerprint density at radius 2 is 2.00 bits per heavy atom. The van der Waals surface area contributed by atoms with Crippen molar-refractivity contribution in [3.05, 3.63) is 64.5 Å². The zero-order chi connectivity index (χ0) is 17.1. The fourth-order valence-electron chi connectivity index (χ4n) is 2.65. The number of nitrogens with zero attached hydrogens (tertiary/aromatic N) is 2. The minimum Gasteiger partial charge on any atom is -0.497 e. The van der Waals surface area contributed by atoms with Crippen molar-refractivity contribution in [3.63, 3.8) is 0 Å². The number of rotatable bonds is 4. The van der Waals surface area contributed by atoms with Crippen LogP contribution in [0.2, 0.25) is 0 Å². The van der Waals surface area contributed by atoms with Crippen LogP contribution in [0, 0.1) is 0 Å². The van der Waals surface area contributed by atoms with Crippen LogP contribution in [0.25, 0.3) is 22.9 Å². The predicted octanol–water partition coefficient (Wildman–Crippen LogP) is 3.48. The van der Waals surface area contributed by atoms with E-state index in [1.807, 2.05) is 41.8 Å². The molecule has 2 aromatic heterocycles. The third-order valence-electron chi connectivity index (χ3n) is 3.92. The SMILES string of the molecule is COc1ccc(Nc2nc(-c3cccs3)nc3c2=CC=CCC=3)cc1. The summed E-state index contributed by atoms with van der Waals surface area (Å²) in [6.45, 7) is 0. The number of methoxy groups -OCH3 is 1. The van der Waals surface area contributed by atoms with Crippen molar-refractivity contribution in [1.29, 1.82) is 0 Å². The molecule has 0 amide bonds. The van der Waals surface area contributed by atoms with Crippen LogP contribution in [0.15, 0.2) is 53.9 Å². The topological polar surface area (TPSA) is 47.0 Å². The number of aromatic nitrogens is 2. The summed E-state index contributed by atoms with van der Waals surface area (Å²) in [5, 5.41) is 7.43. The van der Waals surface area contributed by atoms with Crippen LogP contribution < -0.4 is 20.6 Å². The summed E-state index contributed by atoms with van der Waals surface area (Å²) < 4.78 is 5.22. The number of hydrogen-bond donors (Lipinski definition) is 1. The molecule has 0 fully saturated rings. The van der Waals surface area contributed by atoms with E-state index in [9.17, 15) is 0 Å². The average molecular weight is 347 g/mol. The molecule has 25 heavy (non-hydrogen) atoms.